The van der Waals surface area contributed by atoms with Gasteiger partial charge in [0.1, 0.15) is 5.54 Å². The molecule has 1 saturated heterocycles. The van der Waals surface area contributed by atoms with Crippen LogP contribution in [-0.2, 0) is 4.79 Å². The number of hydrogen-bond acceptors (Lipinski definition) is 4. The lowest BCUT2D eigenvalue weighted by molar-refractivity contribution is -0.147. The van der Waals surface area contributed by atoms with Gasteiger partial charge in [-0.15, -0.1) is 0 Å². The molecule has 2 aliphatic rings. The summed E-state index contributed by atoms with van der Waals surface area (Å²) >= 11 is 0. The van der Waals surface area contributed by atoms with Crippen LogP contribution in [0.4, 0.5) is 0 Å². The van der Waals surface area contributed by atoms with Gasteiger partial charge in [0.2, 0.25) is 0 Å². The van der Waals surface area contributed by atoms with Crippen molar-refractivity contribution in [3.8, 4) is 0 Å². The van der Waals surface area contributed by atoms with Crippen molar-refractivity contribution in [2.75, 3.05) is 33.7 Å². The normalized spacial score (nSPS) is 35.6. The Morgan fingerprint density at radius 2 is 2.20 bits per heavy atom. The Morgan fingerprint density at radius 1 is 1.45 bits per heavy atom. The van der Waals surface area contributed by atoms with E-state index in [2.05, 4.69) is 29.2 Å². The number of carboxylic acid groups (broad SMARTS) is 1. The maximum atomic E-state index is 11.7. The van der Waals surface area contributed by atoms with E-state index in [0.717, 1.165) is 45.3 Å². The molecule has 2 rings (SSSR count). The first-order valence-electron chi connectivity index (χ1n) is 7.87. The topological polar surface area (TPSA) is 55.8 Å². The summed E-state index contributed by atoms with van der Waals surface area (Å²) in [5.41, 5.74) is -0.701. The fourth-order valence-corrected chi connectivity index (χ4v) is 3.85. The van der Waals surface area contributed by atoms with Crippen molar-refractivity contribution >= 4 is 5.97 Å². The number of nitrogens with one attached hydrogen (secondary N) is 1. The van der Waals surface area contributed by atoms with Gasteiger partial charge in [-0.2, -0.15) is 0 Å². The Bertz CT molecular complexity index is 344. The van der Waals surface area contributed by atoms with Crippen LogP contribution in [0.3, 0.4) is 0 Å². The first kappa shape index (κ1) is 15.7. The molecule has 0 aromatic carbocycles. The fraction of sp³-hybridized carbons (Fsp3) is 0.933. The van der Waals surface area contributed by atoms with Crippen molar-refractivity contribution < 1.29 is 9.90 Å². The Labute approximate surface area is 122 Å². The molecule has 3 atom stereocenters. The highest BCUT2D eigenvalue weighted by Crippen LogP contribution is 2.33. The molecule has 116 valence electrons. The second-order valence-corrected chi connectivity index (χ2v) is 6.57. The van der Waals surface area contributed by atoms with Crippen molar-refractivity contribution in [3.05, 3.63) is 0 Å². The number of nitrogens with zero attached hydrogens (tertiary/aromatic N) is 2. The van der Waals surface area contributed by atoms with Crippen LogP contribution in [0.2, 0.25) is 0 Å². The summed E-state index contributed by atoms with van der Waals surface area (Å²) in [5.74, 6) is -0.674. The van der Waals surface area contributed by atoms with E-state index in [1.54, 1.807) is 0 Å². The molecule has 1 aliphatic carbocycles. The number of carboxylic acids is 1. The highest BCUT2D eigenvalue weighted by molar-refractivity contribution is 5.79. The van der Waals surface area contributed by atoms with Crippen molar-refractivity contribution in [1.29, 1.82) is 0 Å². The zero-order chi connectivity index (χ0) is 14.8. The molecule has 0 spiro atoms. The van der Waals surface area contributed by atoms with Crippen LogP contribution in [0.25, 0.3) is 0 Å². The predicted octanol–water partition coefficient (Wildman–Crippen LogP) is 0.998. The molecule has 0 amide bonds. The van der Waals surface area contributed by atoms with Gasteiger partial charge in [0.25, 0.3) is 0 Å². The fourth-order valence-electron chi connectivity index (χ4n) is 3.85. The molecule has 2 N–H and O–H groups in total. The summed E-state index contributed by atoms with van der Waals surface area (Å²) in [6.07, 6.45) is 4.85. The van der Waals surface area contributed by atoms with E-state index in [1.807, 2.05) is 6.92 Å². The second kappa shape index (κ2) is 6.41. The molecule has 1 aliphatic heterocycles. The molecular weight excluding hydrogens is 254 g/mol. The third-order valence-corrected chi connectivity index (χ3v) is 5.09. The summed E-state index contributed by atoms with van der Waals surface area (Å²) in [5, 5.41) is 12.9. The molecule has 5 nitrogen and oxygen atoms in total. The third-order valence-electron chi connectivity index (χ3n) is 5.09. The van der Waals surface area contributed by atoms with Gasteiger partial charge in [-0.1, -0.05) is 6.92 Å². The maximum absolute atomic E-state index is 11.7. The molecule has 0 radical (unpaired) electrons. The molecule has 0 aromatic rings. The molecule has 20 heavy (non-hydrogen) atoms. The lowest BCUT2D eigenvalue weighted by Crippen LogP contribution is -2.58. The lowest BCUT2D eigenvalue weighted by Gasteiger charge is -2.41. The Hall–Kier alpha value is -0.650. The number of carbonyl (C=O) groups is 1. The minimum Gasteiger partial charge on any atom is -0.480 e. The van der Waals surface area contributed by atoms with Crippen LogP contribution >= 0.6 is 0 Å². The quantitative estimate of drug-likeness (QED) is 0.788. The second-order valence-electron chi connectivity index (χ2n) is 6.57. The molecule has 0 bridgehead atoms. The van der Waals surface area contributed by atoms with Crippen molar-refractivity contribution in [2.45, 2.75) is 56.7 Å². The first-order chi connectivity index (χ1) is 9.48. The van der Waals surface area contributed by atoms with Crippen LogP contribution in [-0.4, -0.2) is 72.2 Å². The standard InChI is InChI=1S/C15H29N3O2/c1-4-16-15(14(19)20)8-5-6-12(10-15)18-9-7-13(11-18)17(2)3/h12-13,16H,4-11H2,1-3H3,(H,19,20). The van der Waals surface area contributed by atoms with Crippen LogP contribution in [0.15, 0.2) is 0 Å². The minimum absolute atomic E-state index is 0.420. The number of hydrogen-bond donors (Lipinski definition) is 2. The average molecular weight is 283 g/mol. The first-order valence-corrected chi connectivity index (χ1v) is 7.87. The number of likely N-dealkylation sites (tertiary alicyclic amines) is 1. The highest BCUT2D eigenvalue weighted by atomic mass is 16.4. The monoisotopic (exact) mass is 283 g/mol. The van der Waals surface area contributed by atoms with Gasteiger partial charge in [0.15, 0.2) is 0 Å². The summed E-state index contributed by atoms with van der Waals surface area (Å²) in [7, 11) is 4.27. The molecule has 0 aromatic heterocycles. The van der Waals surface area contributed by atoms with E-state index < -0.39 is 11.5 Å². The highest BCUT2D eigenvalue weighted by Gasteiger charge is 2.44. The van der Waals surface area contributed by atoms with E-state index >= 15 is 0 Å². The molecule has 2 fully saturated rings. The van der Waals surface area contributed by atoms with Crippen molar-refractivity contribution in [1.82, 2.24) is 15.1 Å². The van der Waals surface area contributed by atoms with Gasteiger partial charge in [-0.05, 0) is 52.7 Å². The van der Waals surface area contributed by atoms with Gasteiger partial charge in [0.05, 0.1) is 0 Å². The SMILES string of the molecule is CCNC1(C(=O)O)CCCC(N2CCC(N(C)C)C2)C1. The summed E-state index contributed by atoms with van der Waals surface area (Å²) in [6.45, 7) is 4.90. The molecule has 1 heterocycles. The van der Waals surface area contributed by atoms with Gasteiger partial charge in [-0.25, -0.2) is 0 Å². The molecule has 5 heteroatoms. The minimum atomic E-state index is -0.701. The molecular formula is C15H29N3O2. The van der Waals surface area contributed by atoms with Gasteiger partial charge >= 0.3 is 5.97 Å². The van der Waals surface area contributed by atoms with E-state index in [1.165, 1.54) is 6.42 Å². The van der Waals surface area contributed by atoms with Gasteiger partial charge in [0, 0.05) is 25.2 Å². The Morgan fingerprint density at radius 3 is 2.75 bits per heavy atom. The Kier molecular flexibility index (Phi) is 5.04. The summed E-state index contributed by atoms with van der Waals surface area (Å²) in [6, 6.07) is 1.04. The predicted molar refractivity (Wildman–Crippen MR) is 80.0 cm³/mol. The van der Waals surface area contributed by atoms with Gasteiger partial charge < -0.3 is 15.3 Å². The van der Waals surface area contributed by atoms with Crippen LogP contribution in [0, 0.1) is 0 Å². The third kappa shape index (κ3) is 3.15. The lowest BCUT2D eigenvalue weighted by atomic mass is 9.78. The largest absolute Gasteiger partial charge is 0.480 e. The number of rotatable bonds is 5. The van der Waals surface area contributed by atoms with Crippen molar-refractivity contribution in [3.63, 3.8) is 0 Å². The Balaban J connectivity index is 2.01. The van der Waals surface area contributed by atoms with Crippen LogP contribution < -0.4 is 5.32 Å². The van der Waals surface area contributed by atoms with Crippen LogP contribution in [0.1, 0.15) is 39.0 Å². The van der Waals surface area contributed by atoms with Crippen molar-refractivity contribution in [2.24, 2.45) is 0 Å². The van der Waals surface area contributed by atoms with Crippen LogP contribution in [0.5, 0.6) is 0 Å². The van der Waals surface area contributed by atoms with E-state index in [9.17, 15) is 9.90 Å². The van der Waals surface area contributed by atoms with E-state index in [4.69, 9.17) is 0 Å². The maximum Gasteiger partial charge on any atom is 0.323 e. The number of likely N-dealkylation sites (N-methyl/N-ethyl adjacent to an activating group) is 2. The van der Waals surface area contributed by atoms with Gasteiger partial charge in [-0.3, -0.25) is 9.69 Å². The zero-order valence-corrected chi connectivity index (χ0v) is 13.1. The van der Waals surface area contributed by atoms with E-state index in [-0.39, 0.29) is 0 Å². The zero-order valence-electron chi connectivity index (χ0n) is 13.1. The van der Waals surface area contributed by atoms with E-state index in [0.29, 0.717) is 12.1 Å². The average Bonchev–Trinajstić information content (AvgIpc) is 2.89. The number of aliphatic carboxylic acids is 1. The molecule has 1 saturated carbocycles. The molecule has 3 unspecified atom stereocenters. The summed E-state index contributed by atoms with van der Waals surface area (Å²) < 4.78 is 0. The smallest absolute Gasteiger partial charge is 0.323 e. The summed E-state index contributed by atoms with van der Waals surface area (Å²) in [4.78, 5) is 16.5.